The second-order valence-corrected chi connectivity index (χ2v) is 7.59. The molecule has 5 heteroatoms. The molecule has 1 aliphatic heterocycles. The highest BCUT2D eigenvalue weighted by Gasteiger charge is 2.24. The first kappa shape index (κ1) is 20.3. The maximum absolute atomic E-state index is 12.8. The van der Waals surface area contributed by atoms with Crippen molar-refractivity contribution in [3.05, 3.63) is 29.8 Å². The monoisotopic (exact) mass is 360 g/mol. The lowest BCUT2D eigenvalue weighted by Crippen LogP contribution is -2.44. The minimum absolute atomic E-state index is 0.0105. The fourth-order valence-electron chi connectivity index (χ4n) is 3.50. The molecule has 1 atom stereocenters. The molecular weight excluding hydrogens is 328 g/mol. The molecule has 0 fully saturated rings. The summed E-state index contributed by atoms with van der Waals surface area (Å²) < 4.78 is 6.07. The van der Waals surface area contributed by atoms with Gasteiger partial charge in [0, 0.05) is 27.1 Å². The van der Waals surface area contributed by atoms with Gasteiger partial charge in [0.25, 0.3) is 5.91 Å². The fraction of sp³-hybridized carbons (Fsp3) is 0.619. The van der Waals surface area contributed by atoms with Gasteiger partial charge in [-0.1, -0.05) is 26.0 Å². The van der Waals surface area contributed by atoms with E-state index in [0.29, 0.717) is 30.4 Å². The van der Waals surface area contributed by atoms with Crippen molar-refractivity contribution in [1.29, 1.82) is 0 Å². The topological polar surface area (TPSA) is 49.9 Å². The lowest BCUT2D eigenvalue weighted by molar-refractivity contribution is -0.132. The minimum Gasteiger partial charge on any atom is -0.491 e. The second-order valence-electron chi connectivity index (χ2n) is 7.59. The third-order valence-corrected chi connectivity index (χ3v) is 4.88. The molecule has 144 valence electrons. The summed E-state index contributed by atoms with van der Waals surface area (Å²) in [6.07, 6.45) is 3.77. The second kappa shape index (κ2) is 9.60. The van der Waals surface area contributed by atoms with Crippen molar-refractivity contribution in [2.45, 2.75) is 52.5 Å². The third-order valence-electron chi connectivity index (χ3n) is 4.88. The number of nitrogens with zero attached hydrogens (tertiary/aromatic N) is 2. The molecule has 0 spiro atoms. The van der Waals surface area contributed by atoms with Gasteiger partial charge in [0.05, 0.1) is 11.6 Å². The minimum atomic E-state index is -0.0105. The first-order valence-corrected chi connectivity index (χ1v) is 9.64. The Morgan fingerprint density at radius 3 is 2.58 bits per heavy atom. The highest BCUT2D eigenvalue weighted by Crippen LogP contribution is 2.22. The van der Waals surface area contributed by atoms with Crippen LogP contribution in [-0.2, 0) is 4.79 Å². The van der Waals surface area contributed by atoms with Crippen molar-refractivity contribution in [2.75, 3.05) is 26.7 Å². The standard InChI is InChI=1S/C21H32N2O3/c1-16(2)14-18-15-26-20-11-7-6-10-19(20)21(25)22(4)12-8-5-9-13-23(18)17(3)24/h6-7,10-11,16,18H,5,8-9,12-15H2,1-4H3/t18-/m0/s1. The van der Waals surface area contributed by atoms with Gasteiger partial charge in [0.2, 0.25) is 5.91 Å². The van der Waals surface area contributed by atoms with E-state index in [0.717, 1.165) is 32.2 Å². The summed E-state index contributed by atoms with van der Waals surface area (Å²) in [7, 11) is 1.84. The number of carbonyl (C=O) groups excluding carboxylic acids is 2. The highest BCUT2D eigenvalue weighted by atomic mass is 16.5. The largest absolute Gasteiger partial charge is 0.491 e. The van der Waals surface area contributed by atoms with Crippen molar-refractivity contribution in [2.24, 2.45) is 5.92 Å². The Bertz CT molecular complexity index is 615. The predicted molar refractivity (Wildman–Crippen MR) is 103 cm³/mol. The summed E-state index contributed by atoms with van der Waals surface area (Å²) in [5, 5.41) is 0. The van der Waals surface area contributed by atoms with Crippen LogP contribution in [0.1, 0.15) is 56.8 Å². The van der Waals surface area contributed by atoms with Crippen LogP contribution in [0.25, 0.3) is 0 Å². The van der Waals surface area contributed by atoms with Crippen LogP contribution in [-0.4, -0.2) is 54.4 Å². The number of carbonyl (C=O) groups is 2. The van der Waals surface area contributed by atoms with Gasteiger partial charge in [0.15, 0.2) is 0 Å². The quantitative estimate of drug-likeness (QED) is 0.810. The van der Waals surface area contributed by atoms with Crippen LogP contribution >= 0.6 is 0 Å². The number of para-hydroxylation sites is 1. The van der Waals surface area contributed by atoms with E-state index in [1.807, 2.05) is 36.2 Å². The molecule has 0 N–H and O–H groups in total. The van der Waals surface area contributed by atoms with Crippen molar-refractivity contribution < 1.29 is 14.3 Å². The van der Waals surface area contributed by atoms with E-state index in [2.05, 4.69) is 13.8 Å². The van der Waals surface area contributed by atoms with Crippen LogP contribution in [0.15, 0.2) is 24.3 Å². The number of fused-ring (bicyclic) bond motifs is 1. The maximum atomic E-state index is 12.8. The van der Waals surface area contributed by atoms with E-state index in [4.69, 9.17) is 4.74 Å². The third kappa shape index (κ3) is 5.48. The lowest BCUT2D eigenvalue weighted by atomic mass is 10.0. The van der Waals surface area contributed by atoms with E-state index in [-0.39, 0.29) is 17.9 Å². The Kier molecular flexibility index (Phi) is 7.49. The Morgan fingerprint density at radius 2 is 1.88 bits per heavy atom. The highest BCUT2D eigenvalue weighted by molar-refractivity contribution is 5.96. The average Bonchev–Trinajstić information content (AvgIpc) is 2.60. The zero-order chi connectivity index (χ0) is 19.1. The molecule has 5 nitrogen and oxygen atoms in total. The molecule has 0 aliphatic carbocycles. The normalized spacial score (nSPS) is 19.9. The van der Waals surface area contributed by atoms with Crippen LogP contribution < -0.4 is 4.74 Å². The first-order valence-electron chi connectivity index (χ1n) is 9.64. The van der Waals surface area contributed by atoms with Crippen molar-refractivity contribution in [3.8, 4) is 5.75 Å². The molecule has 0 saturated heterocycles. The van der Waals surface area contributed by atoms with Gasteiger partial charge >= 0.3 is 0 Å². The summed E-state index contributed by atoms with van der Waals surface area (Å²) in [6, 6.07) is 7.41. The predicted octanol–water partition coefficient (Wildman–Crippen LogP) is 3.58. The van der Waals surface area contributed by atoms with Crippen LogP contribution in [0.4, 0.5) is 0 Å². The fourth-order valence-corrected chi connectivity index (χ4v) is 3.50. The van der Waals surface area contributed by atoms with E-state index in [1.54, 1.807) is 11.8 Å². The molecule has 0 aromatic heterocycles. The first-order chi connectivity index (χ1) is 12.4. The van der Waals surface area contributed by atoms with Gasteiger partial charge in [0.1, 0.15) is 12.4 Å². The van der Waals surface area contributed by atoms with Crippen LogP contribution in [0.3, 0.4) is 0 Å². The average molecular weight is 360 g/mol. The number of hydrogen-bond acceptors (Lipinski definition) is 3. The molecule has 1 aromatic carbocycles. The van der Waals surface area contributed by atoms with Gasteiger partial charge in [-0.3, -0.25) is 9.59 Å². The van der Waals surface area contributed by atoms with Crippen molar-refractivity contribution in [1.82, 2.24) is 9.80 Å². The van der Waals surface area contributed by atoms with Crippen LogP contribution in [0.2, 0.25) is 0 Å². The van der Waals surface area contributed by atoms with Crippen LogP contribution in [0.5, 0.6) is 5.75 Å². The summed E-state index contributed by atoms with van der Waals surface area (Å²) in [5.41, 5.74) is 0.590. The lowest BCUT2D eigenvalue weighted by Gasteiger charge is -2.32. The molecule has 1 heterocycles. The molecule has 0 saturated carbocycles. The van der Waals surface area contributed by atoms with Gasteiger partial charge in [-0.15, -0.1) is 0 Å². The van der Waals surface area contributed by atoms with Crippen molar-refractivity contribution in [3.63, 3.8) is 0 Å². The number of amides is 2. The van der Waals surface area contributed by atoms with Crippen molar-refractivity contribution >= 4 is 11.8 Å². The Labute approximate surface area is 157 Å². The zero-order valence-corrected chi connectivity index (χ0v) is 16.5. The summed E-state index contributed by atoms with van der Waals surface area (Å²) in [4.78, 5) is 28.7. The maximum Gasteiger partial charge on any atom is 0.257 e. The summed E-state index contributed by atoms with van der Waals surface area (Å²) in [5.74, 6) is 1.14. The smallest absolute Gasteiger partial charge is 0.257 e. The SMILES string of the molecule is CC(=O)N1CCCCCN(C)C(=O)c2ccccc2OC[C@@H]1CC(C)C. The molecule has 0 unspecified atom stereocenters. The molecule has 0 radical (unpaired) electrons. The van der Waals surface area contributed by atoms with Crippen LogP contribution in [0, 0.1) is 5.92 Å². The van der Waals surface area contributed by atoms with Gasteiger partial charge in [-0.05, 0) is 43.7 Å². The number of rotatable bonds is 2. The van der Waals surface area contributed by atoms with E-state index in [9.17, 15) is 9.59 Å². The molecule has 2 rings (SSSR count). The number of benzene rings is 1. The molecule has 1 aromatic rings. The van der Waals surface area contributed by atoms with Gasteiger partial charge in [-0.25, -0.2) is 0 Å². The van der Waals surface area contributed by atoms with E-state index >= 15 is 0 Å². The van der Waals surface area contributed by atoms with E-state index in [1.165, 1.54) is 0 Å². The summed E-state index contributed by atoms with van der Waals surface area (Å²) in [6.45, 7) is 7.82. The molecular formula is C21H32N2O3. The number of hydrogen-bond donors (Lipinski definition) is 0. The summed E-state index contributed by atoms with van der Waals surface area (Å²) >= 11 is 0. The van der Waals surface area contributed by atoms with Gasteiger partial charge in [-0.2, -0.15) is 0 Å². The number of ether oxygens (including phenoxy) is 1. The Morgan fingerprint density at radius 1 is 1.19 bits per heavy atom. The Balaban J connectivity index is 2.30. The molecule has 26 heavy (non-hydrogen) atoms. The zero-order valence-electron chi connectivity index (χ0n) is 16.5. The molecule has 0 bridgehead atoms. The molecule has 2 amide bonds. The van der Waals surface area contributed by atoms with E-state index < -0.39 is 0 Å². The molecule has 1 aliphatic rings. The Hall–Kier alpha value is -2.04. The van der Waals surface area contributed by atoms with Gasteiger partial charge < -0.3 is 14.5 Å².